The first kappa shape index (κ1) is 19.6. The van der Waals surface area contributed by atoms with Crippen LogP contribution in [0.1, 0.15) is 41.4 Å². The highest BCUT2D eigenvalue weighted by molar-refractivity contribution is 6.01. The van der Waals surface area contributed by atoms with E-state index in [4.69, 9.17) is 0 Å². The molecule has 7 heteroatoms. The number of nitrogens with zero attached hydrogens (tertiary/aromatic N) is 2. The fraction of sp³-hybridized carbons (Fsp3) is 0.217. The molecule has 3 aromatic heterocycles. The van der Waals surface area contributed by atoms with Gasteiger partial charge in [0.1, 0.15) is 10.9 Å². The third-order valence-electron chi connectivity index (χ3n) is 5.05. The molecule has 0 saturated carbocycles. The van der Waals surface area contributed by atoms with Crippen LogP contribution in [-0.2, 0) is 0 Å². The second kappa shape index (κ2) is 7.94. The molecule has 0 aliphatic rings. The Morgan fingerprint density at radius 3 is 2.70 bits per heavy atom. The Morgan fingerprint density at radius 1 is 1.20 bits per heavy atom. The number of hydrogen-bond acceptors (Lipinski definition) is 4. The SMILES string of the molecule is CCNc1nc2[nH+]c3ccc(C)cn3c(=O)c2cc1C(=O)N[C@H](C)c1ccccc1. The van der Waals surface area contributed by atoms with E-state index in [-0.39, 0.29) is 17.5 Å². The van der Waals surface area contributed by atoms with Crippen LogP contribution in [0.25, 0.3) is 16.7 Å². The molecule has 0 radical (unpaired) electrons. The molecule has 1 amide bonds. The van der Waals surface area contributed by atoms with Gasteiger partial charge in [-0.15, -0.1) is 0 Å². The van der Waals surface area contributed by atoms with Gasteiger partial charge in [0.25, 0.3) is 11.6 Å². The normalized spacial score (nSPS) is 12.1. The van der Waals surface area contributed by atoms with Gasteiger partial charge in [-0.2, -0.15) is 4.40 Å². The number of anilines is 1. The van der Waals surface area contributed by atoms with Gasteiger partial charge >= 0.3 is 5.56 Å². The largest absolute Gasteiger partial charge is 0.356 e. The highest BCUT2D eigenvalue weighted by Gasteiger charge is 2.22. The van der Waals surface area contributed by atoms with Gasteiger partial charge in [-0.1, -0.05) is 35.3 Å². The molecule has 0 aliphatic carbocycles. The minimum absolute atomic E-state index is 0.184. The number of rotatable bonds is 5. The van der Waals surface area contributed by atoms with Gasteiger partial charge in [0.2, 0.25) is 11.5 Å². The lowest BCUT2D eigenvalue weighted by Gasteiger charge is -2.15. The van der Waals surface area contributed by atoms with Gasteiger partial charge < -0.3 is 10.6 Å². The number of amides is 1. The Labute approximate surface area is 173 Å². The van der Waals surface area contributed by atoms with Crippen molar-refractivity contribution in [2.75, 3.05) is 11.9 Å². The number of benzene rings is 1. The molecule has 3 N–H and O–H groups in total. The van der Waals surface area contributed by atoms with Crippen molar-refractivity contribution < 1.29 is 9.78 Å². The highest BCUT2D eigenvalue weighted by Crippen LogP contribution is 2.19. The maximum atomic E-state index is 13.1. The zero-order valence-corrected chi connectivity index (χ0v) is 17.2. The van der Waals surface area contributed by atoms with E-state index in [9.17, 15) is 9.59 Å². The van der Waals surface area contributed by atoms with E-state index in [2.05, 4.69) is 20.6 Å². The van der Waals surface area contributed by atoms with Gasteiger partial charge in [-0.3, -0.25) is 4.79 Å². The van der Waals surface area contributed by atoms with Gasteiger partial charge in [-0.05, 0) is 44.0 Å². The Hall–Kier alpha value is -3.74. The quantitative estimate of drug-likeness (QED) is 0.502. The summed E-state index contributed by atoms with van der Waals surface area (Å²) in [5.41, 5.74) is 3.16. The summed E-state index contributed by atoms with van der Waals surface area (Å²) in [6, 6.07) is 14.9. The van der Waals surface area contributed by atoms with Crippen LogP contribution in [0.2, 0.25) is 0 Å². The van der Waals surface area contributed by atoms with Crippen molar-refractivity contribution in [1.29, 1.82) is 0 Å². The van der Waals surface area contributed by atoms with E-state index in [1.807, 2.05) is 63.2 Å². The number of carbonyl (C=O) groups is 1. The van der Waals surface area contributed by atoms with E-state index < -0.39 is 0 Å². The summed E-state index contributed by atoms with van der Waals surface area (Å²) in [4.78, 5) is 33.9. The highest BCUT2D eigenvalue weighted by atomic mass is 16.2. The molecule has 4 rings (SSSR count). The number of aromatic nitrogens is 3. The molecule has 0 spiro atoms. The minimum atomic E-state index is -0.287. The zero-order chi connectivity index (χ0) is 21.3. The van der Waals surface area contributed by atoms with Crippen molar-refractivity contribution in [2.45, 2.75) is 26.8 Å². The number of carbonyl (C=O) groups excluding carboxylic acids is 1. The molecule has 3 heterocycles. The van der Waals surface area contributed by atoms with Crippen LogP contribution in [0.4, 0.5) is 5.82 Å². The number of aryl methyl sites for hydroxylation is 1. The first-order chi connectivity index (χ1) is 14.5. The summed E-state index contributed by atoms with van der Waals surface area (Å²) in [5, 5.41) is 6.50. The lowest BCUT2D eigenvalue weighted by molar-refractivity contribution is -0.319. The first-order valence-electron chi connectivity index (χ1n) is 9.96. The molecule has 0 bridgehead atoms. The van der Waals surface area contributed by atoms with Crippen LogP contribution in [0.3, 0.4) is 0 Å². The van der Waals surface area contributed by atoms with Gasteiger partial charge in [-0.25, -0.2) is 9.78 Å². The molecular formula is C23H24N5O2+. The van der Waals surface area contributed by atoms with Gasteiger partial charge in [0, 0.05) is 12.6 Å². The summed E-state index contributed by atoms with van der Waals surface area (Å²) < 4.78 is 1.54. The van der Waals surface area contributed by atoms with Crippen molar-refractivity contribution in [3.63, 3.8) is 0 Å². The lowest BCUT2D eigenvalue weighted by Crippen LogP contribution is -2.29. The summed E-state index contributed by atoms with van der Waals surface area (Å²) in [6.07, 6.45) is 1.77. The Morgan fingerprint density at radius 2 is 1.97 bits per heavy atom. The molecule has 1 atom stereocenters. The van der Waals surface area contributed by atoms with Crippen LogP contribution in [-0.4, -0.2) is 21.8 Å². The van der Waals surface area contributed by atoms with Crippen molar-refractivity contribution in [1.82, 2.24) is 14.7 Å². The number of fused-ring (bicyclic) bond motifs is 2. The maximum absolute atomic E-state index is 13.1. The predicted molar refractivity (Wildman–Crippen MR) is 117 cm³/mol. The fourth-order valence-electron chi connectivity index (χ4n) is 3.47. The molecule has 0 fully saturated rings. The predicted octanol–water partition coefficient (Wildman–Crippen LogP) is 2.89. The summed E-state index contributed by atoms with van der Waals surface area (Å²) >= 11 is 0. The Bertz CT molecular complexity index is 1300. The van der Waals surface area contributed by atoms with Crippen LogP contribution in [0.5, 0.6) is 0 Å². The van der Waals surface area contributed by atoms with E-state index >= 15 is 0 Å². The molecule has 7 nitrogen and oxygen atoms in total. The van der Waals surface area contributed by atoms with Crippen molar-refractivity contribution in [3.05, 3.63) is 81.8 Å². The van der Waals surface area contributed by atoms with E-state index in [1.54, 1.807) is 16.7 Å². The minimum Gasteiger partial charge on any atom is -0.356 e. The van der Waals surface area contributed by atoms with Crippen molar-refractivity contribution in [2.24, 2.45) is 0 Å². The summed E-state index contributed by atoms with van der Waals surface area (Å²) in [5.74, 6) is 0.153. The number of H-pyrrole nitrogens is 1. The number of aromatic amines is 1. The van der Waals surface area contributed by atoms with Gasteiger partial charge in [0.05, 0.1) is 12.2 Å². The Balaban J connectivity index is 1.82. The molecule has 30 heavy (non-hydrogen) atoms. The van der Waals surface area contributed by atoms with Crippen LogP contribution < -0.4 is 21.2 Å². The van der Waals surface area contributed by atoms with Crippen molar-refractivity contribution >= 4 is 28.4 Å². The molecule has 152 valence electrons. The van der Waals surface area contributed by atoms with E-state index in [1.165, 1.54) is 0 Å². The third-order valence-corrected chi connectivity index (χ3v) is 5.05. The average molecular weight is 402 g/mol. The average Bonchev–Trinajstić information content (AvgIpc) is 2.75. The lowest BCUT2D eigenvalue weighted by atomic mass is 10.1. The second-order valence-electron chi connectivity index (χ2n) is 7.31. The summed E-state index contributed by atoms with van der Waals surface area (Å²) in [6.45, 7) is 6.38. The number of nitrogens with one attached hydrogen (secondary N) is 3. The standard InChI is InChI=1S/C23H23N5O2/c1-4-24-20-17(22(29)25-15(3)16-8-6-5-7-9-16)12-18-21(27-20)26-19-11-10-14(2)13-28(19)23(18)30/h5-13,15H,4H2,1-3H3,(H,24,27)(H,25,29)/p+1/t15-/m1/s1. The number of hydrogen-bond donors (Lipinski definition) is 2. The molecule has 0 aliphatic heterocycles. The topological polar surface area (TPSA) is 89.6 Å². The molecule has 0 unspecified atom stereocenters. The Kier molecular flexibility index (Phi) is 5.18. The summed E-state index contributed by atoms with van der Waals surface area (Å²) in [7, 11) is 0. The van der Waals surface area contributed by atoms with Crippen LogP contribution >= 0.6 is 0 Å². The molecule has 1 aromatic carbocycles. The zero-order valence-electron chi connectivity index (χ0n) is 17.2. The monoisotopic (exact) mass is 402 g/mol. The maximum Gasteiger partial charge on any atom is 0.325 e. The van der Waals surface area contributed by atoms with Crippen LogP contribution in [0, 0.1) is 6.92 Å². The van der Waals surface area contributed by atoms with Crippen LogP contribution in [0.15, 0.2) is 59.5 Å². The fourth-order valence-corrected chi connectivity index (χ4v) is 3.47. The van der Waals surface area contributed by atoms with E-state index in [0.29, 0.717) is 34.6 Å². The molecule has 0 saturated heterocycles. The smallest absolute Gasteiger partial charge is 0.325 e. The second-order valence-corrected chi connectivity index (χ2v) is 7.31. The molecule has 4 aromatic rings. The van der Waals surface area contributed by atoms with Gasteiger partial charge in [0.15, 0.2) is 0 Å². The van der Waals surface area contributed by atoms with Crippen molar-refractivity contribution in [3.8, 4) is 0 Å². The number of pyridine rings is 2. The van der Waals surface area contributed by atoms with E-state index in [0.717, 1.165) is 11.1 Å². The third kappa shape index (κ3) is 3.61. The molecular weight excluding hydrogens is 378 g/mol. The first-order valence-corrected chi connectivity index (χ1v) is 9.96.